The van der Waals surface area contributed by atoms with Crippen molar-refractivity contribution < 1.29 is 17.4 Å². The number of urea groups is 1. The van der Waals surface area contributed by atoms with E-state index >= 15 is 0 Å². The molecule has 25 heavy (non-hydrogen) atoms. The second-order valence-electron chi connectivity index (χ2n) is 5.11. The predicted molar refractivity (Wildman–Crippen MR) is 96.5 cm³/mol. The summed E-state index contributed by atoms with van der Waals surface area (Å²) in [5.74, 6) is -0.198. The van der Waals surface area contributed by atoms with Crippen molar-refractivity contribution in [2.24, 2.45) is 0 Å². The van der Waals surface area contributed by atoms with E-state index in [1.54, 1.807) is 0 Å². The Kier molecular flexibility index (Phi) is 5.02. The summed E-state index contributed by atoms with van der Waals surface area (Å²) < 4.78 is 29.9. The number of hydrogen-bond acceptors (Lipinski definition) is 4. The van der Waals surface area contributed by atoms with E-state index < -0.39 is 10.1 Å². The fraction of sp³-hybridized carbons (Fsp3) is 0.133. The van der Waals surface area contributed by atoms with Gasteiger partial charge in [0.25, 0.3) is 0 Å². The molecule has 1 aliphatic heterocycles. The van der Waals surface area contributed by atoms with Gasteiger partial charge >= 0.3 is 16.1 Å². The second-order valence-corrected chi connectivity index (χ2v) is 7.91. The number of hydrogen-bond donors (Lipinski definition) is 1. The van der Waals surface area contributed by atoms with Crippen LogP contribution in [0.15, 0.2) is 41.3 Å². The molecule has 10 heteroatoms. The van der Waals surface area contributed by atoms with Gasteiger partial charge in [-0.25, -0.2) is 4.79 Å². The maximum Gasteiger partial charge on any atom is 0.339 e. The third kappa shape index (κ3) is 3.79. The summed E-state index contributed by atoms with van der Waals surface area (Å²) in [5, 5.41) is 2.88. The Morgan fingerprint density at radius 3 is 2.16 bits per heavy atom. The third-order valence-corrected chi connectivity index (χ3v) is 5.47. The third-order valence-electron chi connectivity index (χ3n) is 3.45. The Balaban J connectivity index is 1.87. The van der Waals surface area contributed by atoms with Crippen molar-refractivity contribution in [3.05, 3.63) is 51.5 Å². The van der Waals surface area contributed by atoms with Crippen LogP contribution in [0.1, 0.15) is 0 Å². The number of halogens is 3. The van der Waals surface area contributed by atoms with Gasteiger partial charge in [-0.3, -0.25) is 4.90 Å². The average Bonchev–Trinajstić information content (AvgIpc) is 2.97. The Hall–Kier alpha value is -1.67. The molecule has 3 rings (SSSR count). The van der Waals surface area contributed by atoms with E-state index in [0.717, 1.165) is 0 Å². The molecule has 132 valence electrons. The molecule has 0 unspecified atom stereocenters. The molecule has 1 fully saturated rings. The molecule has 1 aliphatic rings. The number of nitrogens with zero attached hydrogens (tertiary/aromatic N) is 1. The molecule has 2 amide bonds. The summed E-state index contributed by atoms with van der Waals surface area (Å²) in [7, 11) is -4.16. The average molecular weight is 422 g/mol. The minimum Gasteiger partial charge on any atom is -0.376 e. The lowest BCUT2D eigenvalue weighted by Crippen LogP contribution is -2.27. The minimum atomic E-state index is -4.16. The number of rotatable bonds is 4. The standard InChI is InChI=1S/C15H11Cl3N2O4S/c16-9-7-12(17)14(13(18)8-9)24-25(22,23)11-3-1-10(2-4-11)20-6-5-19-15(20)21/h1-4,7-8H,5-6H2,(H,19,21). The van der Waals surface area contributed by atoms with Crippen LogP contribution in [0.2, 0.25) is 15.1 Å². The summed E-state index contributed by atoms with van der Waals surface area (Å²) in [6, 6.07) is 8.15. The molecular formula is C15H11Cl3N2O4S. The van der Waals surface area contributed by atoms with Crippen LogP contribution in [-0.4, -0.2) is 27.5 Å². The van der Waals surface area contributed by atoms with Gasteiger partial charge in [-0.1, -0.05) is 34.8 Å². The van der Waals surface area contributed by atoms with E-state index in [0.29, 0.717) is 18.8 Å². The first kappa shape index (κ1) is 18.1. The van der Waals surface area contributed by atoms with Crippen molar-refractivity contribution in [3.8, 4) is 5.75 Å². The Morgan fingerprint density at radius 1 is 1.04 bits per heavy atom. The first-order valence-electron chi connectivity index (χ1n) is 7.02. The lowest BCUT2D eigenvalue weighted by molar-refractivity contribution is 0.252. The summed E-state index contributed by atoms with van der Waals surface area (Å²) in [4.78, 5) is 13.0. The largest absolute Gasteiger partial charge is 0.376 e. The molecule has 0 atom stereocenters. The maximum absolute atomic E-state index is 12.4. The number of anilines is 1. The van der Waals surface area contributed by atoms with E-state index in [4.69, 9.17) is 39.0 Å². The number of benzene rings is 2. The number of nitrogens with one attached hydrogen (secondary N) is 1. The quantitative estimate of drug-likeness (QED) is 0.759. The molecule has 0 bridgehead atoms. The van der Waals surface area contributed by atoms with E-state index in [9.17, 15) is 13.2 Å². The Labute approximate surface area is 159 Å². The molecule has 1 N–H and O–H groups in total. The van der Waals surface area contributed by atoms with Crippen LogP contribution >= 0.6 is 34.8 Å². The van der Waals surface area contributed by atoms with Crippen LogP contribution in [-0.2, 0) is 10.1 Å². The molecular weight excluding hydrogens is 411 g/mol. The molecule has 2 aromatic carbocycles. The number of carbonyl (C=O) groups excluding carboxylic acids is 1. The highest BCUT2D eigenvalue weighted by Crippen LogP contribution is 2.37. The monoisotopic (exact) mass is 420 g/mol. The molecule has 0 aromatic heterocycles. The minimum absolute atomic E-state index is 0.0218. The van der Waals surface area contributed by atoms with E-state index in [1.165, 1.54) is 41.3 Å². The molecule has 0 spiro atoms. The van der Waals surface area contributed by atoms with Crippen molar-refractivity contribution in [3.63, 3.8) is 0 Å². The van der Waals surface area contributed by atoms with Crippen LogP contribution in [0, 0.1) is 0 Å². The van der Waals surface area contributed by atoms with E-state index in [2.05, 4.69) is 5.32 Å². The molecule has 1 saturated heterocycles. The van der Waals surface area contributed by atoms with Crippen LogP contribution in [0.3, 0.4) is 0 Å². The van der Waals surface area contributed by atoms with Gasteiger partial charge in [0, 0.05) is 23.8 Å². The number of amides is 2. The van der Waals surface area contributed by atoms with Crippen LogP contribution < -0.4 is 14.4 Å². The van der Waals surface area contributed by atoms with Gasteiger partial charge < -0.3 is 9.50 Å². The van der Waals surface area contributed by atoms with Gasteiger partial charge in [0.05, 0.1) is 10.0 Å². The smallest absolute Gasteiger partial charge is 0.339 e. The first-order valence-corrected chi connectivity index (χ1v) is 9.56. The van der Waals surface area contributed by atoms with Crippen LogP contribution in [0.4, 0.5) is 10.5 Å². The van der Waals surface area contributed by atoms with Gasteiger partial charge in [-0.05, 0) is 36.4 Å². The fourth-order valence-electron chi connectivity index (χ4n) is 2.28. The van der Waals surface area contributed by atoms with E-state index in [1.807, 2.05) is 0 Å². The Bertz CT molecular complexity index is 909. The Morgan fingerprint density at radius 2 is 1.64 bits per heavy atom. The zero-order valence-electron chi connectivity index (χ0n) is 12.5. The van der Waals surface area contributed by atoms with Crippen molar-refractivity contribution in [2.75, 3.05) is 18.0 Å². The summed E-state index contributed by atoms with van der Waals surface area (Å²) in [6.45, 7) is 1.05. The van der Waals surface area contributed by atoms with Crippen molar-refractivity contribution in [1.29, 1.82) is 0 Å². The zero-order chi connectivity index (χ0) is 18.2. The SMILES string of the molecule is O=C1NCCN1c1ccc(S(=O)(=O)Oc2c(Cl)cc(Cl)cc2Cl)cc1. The lowest BCUT2D eigenvalue weighted by Gasteiger charge is -2.15. The molecule has 6 nitrogen and oxygen atoms in total. The highest BCUT2D eigenvalue weighted by Gasteiger charge is 2.24. The van der Waals surface area contributed by atoms with Gasteiger partial charge in [0.15, 0.2) is 5.75 Å². The maximum atomic E-state index is 12.4. The fourth-order valence-corrected chi connectivity index (χ4v) is 4.23. The van der Waals surface area contributed by atoms with Gasteiger partial charge in [-0.15, -0.1) is 0 Å². The second kappa shape index (κ2) is 6.92. The van der Waals surface area contributed by atoms with Crippen LogP contribution in [0.5, 0.6) is 5.75 Å². The molecule has 2 aromatic rings. The van der Waals surface area contributed by atoms with Gasteiger partial charge in [0.2, 0.25) is 0 Å². The van der Waals surface area contributed by atoms with Gasteiger partial charge in [-0.2, -0.15) is 8.42 Å². The summed E-state index contributed by atoms with van der Waals surface area (Å²) in [6.07, 6.45) is 0. The highest BCUT2D eigenvalue weighted by molar-refractivity contribution is 7.87. The van der Waals surface area contributed by atoms with Crippen molar-refractivity contribution in [2.45, 2.75) is 4.90 Å². The van der Waals surface area contributed by atoms with Gasteiger partial charge in [0.1, 0.15) is 4.90 Å². The van der Waals surface area contributed by atoms with Crippen molar-refractivity contribution >= 4 is 56.6 Å². The lowest BCUT2D eigenvalue weighted by atomic mass is 10.3. The molecule has 0 saturated carbocycles. The molecule has 1 heterocycles. The van der Waals surface area contributed by atoms with Crippen molar-refractivity contribution in [1.82, 2.24) is 5.32 Å². The van der Waals surface area contributed by atoms with E-state index in [-0.39, 0.29) is 31.7 Å². The first-order chi connectivity index (χ1) is 11.8. The highest BCUT2D eigenvalue weighted by atomic mass is 35.5. The zero-order valence-corrected chi connectivity index (χ0v) is 15.6. The van der Waals surface area contributed by atoms with Crippen LogP contribution in [0.25, 0.3) is 0 Å². The normalized spacial score (nSPS) is 14.5. The molecule has 0 radical (unpaired) electrons. The predicted octanol–water partition coefficient (Wildman–Crippen LogP) is 3.94. The topological polar surface area (TPSA) is 75.7 Å². The summed E-state index contributed by atoms with van der Waals surface area (Å²) in [5.41, 5.74) is 0.580. The number of carbonyl (C=O) groups is 1. The molecule has 0 aliphatic carbocycles. The summed E-state index contributed by atoms with van der Waals surface area (Å²) >= 11 is 17.7.